The van der Waals surface area contributed by atoms with Crippen molar-refractivity contribution in [2.75, 3.05) is 30.6 Å². The van der Waals surface area contributed by atoms with Crippen molar-refractivity contribution in [1.82, 2.24) is 20.0 Å². The van der Waals surface area contributed by atoms with Gasteiger partial charge in [-0.15, -0.1) is 5.10 Å². The highest BCUT2D eigenvalue weighted by atomic mass is 32.2. The molecule has 0 aliphatic carbocycles. The van der Waals surface area contributed by atoms with Crippen LogP contribution in [0.4, 0.5) is 10.6 Å². The van der Waals surface area contributed by atoms with E-state index in [0.29, 0.717) is 5.54 Å². The SMILES string of the molecule is CSNc1ccn(C(=O)N2CCC3(CCCN3)CC2)n1. The summed E-state index contributed by atoms with van der Waals surface area (Å²) in [6, 6.07) is 1.80. The number of amides is 1. The lowest BCUT2D eigenvalue weighted by molar-refractivity contribution is 0.150. The van der Waals surface area contributed by atoms with E-state index in [9.17, 15) is 4.79 Å². The Hall–Kier alpha value is -1.21. The average Bonchev–Trinajstić information content (AvgIpc) is 3.10. The number of anilines is 1. The van der Waals surface area contributed by atoms with Crippen LogP contribution in [0.25, 0.3) is 0 Å². The Bertz CT molecular complexity index is 473. The molecule has 2 N–H and O–H groups in total. The molecule has 2 aliphatic rings. The molecular weight excluding hydrogens is 274 g/mol. The monoisotopic (exact) mass is 295 g/mol. The van der Waals surface area contributed by atoms with Crippen LogP contribution in [0, 0.1) is 0 Å². The van der Waals surface area contributed by atoms with Gasteiger partial charge in [0.05, 0.1) is 0 Å². The molecule has 2 saturated heterocycles. The number of carbonyl (C=O) groups is 1. The third-order valence-corrected chi connectivity index (χ3v) is 4.73. The van der Waals surface area contributed by atoms with Gasteiger partial charge in [-0.05, 0) is 32.2 Å². The van der Waals surface area contributed by atoms with Crippen LogP contribution in [0.3, 0.4) is 0 Å². The number of nitrogens with zero attached hydrogens (tertiary/aromatic N) is 3. The summed E-state index contributed by atoms with van der Waals surface area (Å²) in [5.41, 5.74) is 0.298. The average molecular weight is 295 g/mol. The van der Waals surface area contributed by atoms with Gasteiger partial charge in [0.1, 0.15) is 0 Å². The van der Waals surface area contributed by atoms with Crippen LogP contribution in [-0.4, -0.2) is 52.1 Å². The van der Waals surface area contributed by atoms with Crippen LogP contribution < -0.4 is 10.0 Å². The minimum atomic E-state index is -0.0213. The predicted octanol–water partition coefficient (Wildman–Crippen LogP) is 1.76. The van der Waals surface area contributed by atoms with E-state index in [2.05, 4.69) is 15.1 Å². The minimum Gasteiger partial charge on any atom is -0.323 e. The zero-order chi connectivity index (χ0) is 14.0. The summed E-state index contributed by atoms with van der Waals surface area (Å²) in [5, 5.41) is 7.86. The number of hydrogen-bond donors (Lipinski definition) is 2. The van der Waals surface area contributed by atoms with Crippen LogP contribution in [0.1, 0.15) is 25.7 Å². The first-order valence-electron chi connectivity index (χ1n) is 7.11. The molecule has 2 fully saturated rings. The van der Waals surface area contributed by atoms with Crippen molar-refractivity contribution in [3.8, 4) is 0 Å². The topological polar surface area (TPSA) is 62.2 Å². The molecule has 0 unspecified atom stereocenters. The van der Waals surface area contributed by atoms with E-state index in [1.807, 2.05) is 17.2 Å². The summed E-state index contributed by atoms with van der Waals surface area (Å²) in [6.45, 7) is 2.75. The quantitative estimate of drug-likeness (QED) is 0.814. The standard InChI is InChI=1S/C13H21N5OS/c1-20-16-11-3-8-18(15-11)12(19)17-9-5-13(6-10-17)4-2-7-14-13/h3,8,14H,2,4-7,9-10H2,1H3,(H,15,16). The first-order valence-corrected chi connectivity index (χ1v) is 8.34. The van der Waals surface area contributed by atoms with Crippen molar-refractivity contribution >= 4 is 23.8 Å². The lowest BCUT2D eigenvalue weighted by Gasteiger charge is -2.39. The van der Waals surface area contributed by atoms with E-state index in [1.54, 1.807) is 6.20 Å². The van der Waals surface area contributed by atoms with Gasteiger partial charge in [-0.3, -0.25) is 0 Å². The molecule has 1 amide bonds. The van der Waals surface area contributed by atoms with Crippen molar-refractivity contribution in [2.45, 2.75) is 31.2 Å². The smallest absolute Gasteiger partial charge is 0.323 e. The van der Waals surface area contributed by atoms with E-state index in [0.717, 1.165) is 38.3 Å². The minimum absolute atomic E-state index is 0.0213. The van der Waals surface area contributed by atoms with Crippen LogP contribution in [0.2, 0.25) is 0 Å². The van der Waals surface area contributed by atoms with Crippen molar-refractivity contribution in [2.24, 2.45) is 0 Å². The number of carbonyl (C=O) groups excluding carboxylic acids is 1. The number of aromatic nitrogens is 2. The molecule has 0 bridgehead atoms. The van der Waals surface area contributed by atoms with Gasteiger partial charge in [0.25, 0.3) is 0 Å². The van der Waals surface area contributed by atoms with E-state index in [-0.39, 0.29) is 6.03 Å². The van der Waals surface area contributed by atoms with Crippen LogP contribution in [0.5, 0.6) is 0 Å². The van der Waals surface area contributed by atoms with Crippen molar-refractivity contribution < 1.29 is 4.79 Å². The molecule has 6 nitrogen and oxygen atoms in total. The molecule has 0 atom stereocenters. The molecule has 20 heavy (non-hydrogen) atoms. The highest BCUT2D eigenvalue weighted by Gasteiger charge is 2.38. The molecule has 110 valence electrons. The largest absolute Gasteiger partial charge is 0.344 e. The lowest BCUT2D eigenvalue weighted by Crippen LogP contribution is -2.52. The van der Waals surface area contributed by atoms with Crippen LogP contribution in [0.15, 0.2) is 12.3 Å². The van der Waals surface area contributed by atoms with Crippen molar-refractivity contribution in [3.63, 3.8) is 0 Å². The summed E-state index contributed by atoms with van der Waals surface area (Å²) >= 11 is 1.47. The van der Waals surface area contributed by atoms with E-state index < -0.39 is 0 Å². The van der Waals surface area contributed by atoms with Gasteiger partial charge in [0, 0.05) is 37.1 Å². The molecule has 0 aromatic carbocycles. The van der Waals surface area contributed by atoms with Gasteiger partial charge in [-0.2, -0.15) is 4.68 Å². The fourth-order valence-electron chi connectivity index (χ4n) is 3.16. The van der Waals surface area contributed by atoms with Gasteiger partial charge in [-0.25, -0.2) is 4.79 Å². The van der Waals surface area contributed by atoms with E-state index in [1.165, 1.54) is 29.5 Å². The Balaban J connectivity index is 1.60. The van der Waals surface area contributed by atoms with Gasteiger partial charge in [0.2, 0.25) is 0 Å². The second-order valence-corrected chi connectivity index (χ2v) is 6.14. The second-order valence-electron chi connectivity index (χ2n) is 5.53. The predicted molar refractivity (Wildman–Crippen MR) is 80.9 cm³/mol. The van der Waals surface area contributed by atoms with Crippen LogP contribution >= 0.6 is 11.9 Å². The Morgan fingerprint density at radius 2 is 2.25 bits per heavy atom. The van der Waals surface area contributed by atoms with Gasteiger partial charge < -0.3 is 14.9 Å². The first-order chi connectivity index (χ1) is 9.72. The fraction of sp³-hybridized carbons (Fsp3) is 0.692. The molecule has 3 rings (SSSR count). The molecule has 0 saturated carbocycles. The second kappa shape index (κ2) is 5.65. The third-order valence-electron chi connectivity index (χ3n) is 4.31. The van der Waals surface area contributed by atoms with Crippen molar-refractivity contribution in [3.05, 3.63) is 12.3 Å². The molecule has 7 heteroatoms. The van der Waals surface area contributed by atoms with E-state index in [4.69, 9.17) is 0 Å². The maximum absolute atomic E-state index is 12.4. The first kappa shape index (κ1) is 13.8. The summed E-state index contributed by atoms with van der Waals surface area (Å²) in [6.07, 6.45) is 8.26. The maximum atomic E-state index is 12.4. The van der Waals surface area contributed by atoms with Crippen molar-refractivity contribution in [1.29, 1.82) is 0 Å². The Labute approximate surface area is 123 Å². The maximum Gasteiger partial charge on any atom is 0.344 e. The summed E-state index contributed by atoms with van der Waals surface area (Å²) < 4.78 is 4.46. The number of nitrogens with one attached hydrogen (secondary N) is 2. The Morgan fingerprint density at radius 3 is 2.90 bits per heavy atom. The number of likely N-dealkylation sites (tertiary alicyclic amines) is 1. The molecule has 0 radical (unpaired) electrons. The van der Waals surface area contributed by atoms with Gasteiger partial charge in [0.15, 0.2) is 5.82 Å². The number of piperidine rings is 1. The summed E-state index contributed by atoms with van der Waals surface area (Å²) in [5.74, 6) is 0.719. The molecule has 3 heterocycles. The molecule has 1 aromatic heterocycles. The number of rotatable bonds is 2. The Morgan fingerprint density at radius 1 is 1.45 bits per heavy atom. The zero-order valence-corrected chi connectivity index (χ0v) is 12.6. The van der Waals surface area contributed by atoms with E-state index >= 15 is 0 Å². The molecule has 2 aliphatic heterocycles. The third kappa shape index (κ3) is 2.64. The van der Waals surface area contributed by atoms with Crippen LogP contribution in [-0.2, 0) is 0 Å². The highest BCUT2D eigenvalue weighted by molar-refractivity contribution is 7.99. The fourth-order valence-corrected chi connectivity index (χ4v) is 3.47. The summed E-state index contributed by atoms with van der Waals surface area (Å²) in [7, 11) is 0. The molecular formula is C13H21N5OS. The van der Waals surface area contributed by atoms with Gasteiger partial charge >= 0.3 is 6.03 Å². The lowest BCUT2D eigenvalue weighted by atomic mass is 9.86. The zero-order valence-electron chi connectivity index (χ0n) is 11.8. The highest BCUT2D eigenvalue weighted by Crippen LogP contribution is 2.30. The van der Waals surface area contributed by atoms with Gasteiger partial charge in [-0.1, -0.05) is 11.9 Å². The molecule has 1 spiro atoms. The summed E-state index contributed by atoms with van der Waals surface area (Å²) in [4.78, 5) is 14.3. The molecule has 1 aromatic rings. The number of hydrogen-bond acceptors (Lipinski definition) is 5. The normalized spacial score (nSPS) is 21.4. The Kier molecular flexibility index (Phi) is 3.89.